The van der Waals surface area contributed by atoms with Gasteiger partial charge in [0.15, 0.2) is 0 Å². The Kier molecular flexibility index (Phi) is 2.28. The van der Waals surface area contributed by atoms with Gasteiger partial charge in [-0.3, -0.25) is 5.10 Å². The molecule has 76 valence electrons. The molecule has 0 aliphatic carbocycles. The van der Waals surface area contributed by atoms with Crippen molar-refractivity contribution in [3.63, 3.8) is 0 Å². The molecule has 0 atom stereocenters. The minimum atomic E-state index is -1.18. The lowest BCUT2D eigenvalue weighted by Gasteiger charge is -1.81. The summed E-state index contributed by atoms with van der Waals surface area (Å²) in [5.74, 6) is -0.844. The van der Waals surface area contributed by atoms with E-state index in [0.717, 1.165) is 0 Å². The fraction of sp³-hybridized carbons (Fsp3) is 0. The van der Waals surface area contributed by atoms with Crippen molar-refractivity contribution in [2.24, 2.45) is 4.99 Å². The van der Waals surface area contributed by atoms with Gasteiger partial charge in [0, 0.05) is 0 Å². The number of aromatic nitrogens is 3. The molecule has 0 amide bonds. The highest BCUT2D eigenvalue weighted by Gasteiger charge is 2.08. The van der Waals surface area contributed by atoms with Crippen molar-refractivity contribution in [2.45, 2.75) is 0 Å². The summed E-state index contributed by atoms with van der Waals surface area (Å²) in [5.41, 5.74) is 0. The fourth-order valence-electron chi connectivity index (χ4n) is 0.892. The number of nitrogens with one attached hydrogen (secondary N) is 1. The van der Waals surface area contributed by atoms with Crippen LogP contribution in [-0.2, 0) is 0 Å². The van der Waals surface area contributed by atoms with Gasteiger partial charge in [-0.2, -0.15) is 4.98 Å². The average Bonchev–Trinajstić information content (AvgIpc) is 2.86. The van der Waals surface area contributed by atoms with E-state index in [1.54, 1.807) is 12.1 Å². The molecule has 2 aromatic rings. The summed E-state index contributed by atoms with van der Waals surface area (Å²) in [6.45, 7) is 0. The van der Waals surface area contributed by atoms with E-state index in [2.05, 4.69) is 20.2 Å². The lowest BCUT2D eigenvalue weighted by molar-refractivity contribution is 0.0684. The lowest BCUT2D eigenvalue weighted by Crippen LogP contribution is -1.98. The normalized spacial score (nSPS) is 10.9. The highest BCUT2D eigenvalue weighted by Crippen LogP contribution is 2.04. The molecule has 0 fully saturated rings. The molecule has 0 saturated heterocycles. The Morgan fingerprint density at radius 2 is 2.53 bits per heavy atom. The van der Waals surface area contributed by atoms with Crippen molar-refractivity contribution in [3.8, 4) is 0 Å². The molecule has 0 aliphatic rings. The number of carbonyl (C=O) groups is 1. The molecule has 2 N–H and O–H groups in total. The number of aromatic amines is 1. The van der Waals surface area contributed by atoms with Gasteiger partial charge < -0.3 is 9.52 Å². The summed E-state index contributed by atoms with van der Waals surface area (Å²) in [5, 5.41) is 14.4. The third-order valence-corrected chi connectivity index (χ3v) is 1.53. The molecule has 7 heteroatoms. The zero-order valence-electron chi connectivity index (χ0n) is 7.41. The molecular weight excluding hydrogens is 200 g/mol. The molecule has 2 rings (SSSR count). The summed E-state index contributed by atoms with van der Waals surface area (Å²) in [6, 6.07) is 3.41. The average molecular weight is 206 g/mol. The summed E-state index contributed by atoms with van der Waals surface area (Å²) in [6.07, 6.45) is 2.90. The van der Waals surface area contributed by atoms with E-state index in [9.17, 15) is 4.79 Å². The Labute approximate surface area is 83.5 Å². The van der Waals surface area contributed by atoms with Crippen LogP contribution >= 0.6 is 0 Å². The van der Waals surface area contributed by atoms with Crippen LogP contribution in [0.1, 0.15) is 16.4 Å². The van der Waals surface area contributed by atoms with Crippen LogP contribution < -0.4 is 0 Å². The predicted octanol–water partition coefficient (Wildman–Crippen LogP) is 0.846. The van der Waals surface area contributed by atoms with Crippen molar-refractivity contribution in [1.82, 2.24) is 15.2 Å². The number of H-pyrrole nitrogens is 1. The Morgan fingerprint density at radius 1 is 1.67 bits per heavy atom. The van der Waals surface area contributed by atoms with Crippen molar-refractivity contribution in [2.75, 3.05) is 0 Å². The third-order valence-electron chi connectivity index (χ3n) is 1.53. The maximum absolute atomic E-state index is 10.4. The summed E-state index contributed by atoms with van der Waals surface area (Å²) >= 11 is 0. The second-order valence-electron chi connectivity index (χ2n) is 2.56. The maximum atomic E-state index is 10.4. The van der Waals surface area contributed by atoms with Gasteiger partial charge >= 0.3 is 5.97 Å². The van der Waals surface area contributed by atoms with Gasteiger partial charge in [-0.1, -0.05) is 0 Å². The van der Waals surface area contributed by atoms with Crippen molar-refractivity contribution < 1.29 is 14.3 Å². The van der Waals surface area contributed by atoms with Crippen LogP contribution in [0.4, 0.5) is 5.95 Å². The number of rotatable bonds is 3. The monoisotopic (exact) mass is 206 g/mol. The molecule has 0 aromatic carbocycles. The minimum Gasteiger partial charge on any atom is -0.475 e. The highest BCUT2D eigenvalue weighted by molar-refractivity contribution is 5.83. The van der Waals surface area contributed by atoms with E-state index in [4.69, 9.17) is 9.52 Å². The summed E-state index contributed by atoms with van der Waals surface area (Å²) in [7, 11) is 0. The first kappa shape index (κ1) is 9.13. The van der Waals surface area contributed by atoms with Crippen LogP contribution in [0.25, 0.3) is 0 Å². The Morgan fingerprint density at radius 3 is 3.13 bits per heavy atom. The Balaban J connectivity index is 2.14. The summed E-state index contributed by atoms with van der Waals surface area (Å²) < 4.78 is 4.98. The Bertz CT molecular complexity index is 486. The second kappa shape index (κ2) is 3.74. The number of hydrogen-bond donors (Lipinski definition) is 2. The zero-order valence-corrected chi connectivity index (χ0v) is 7.41. The molecule has 0 radical (unpaired) electrons. The smallest absolute Gasteiger partial charge is 0.373 e. The first-order valence-corrected chi connectivity index (χ1v) is 3.99. The number of hydrogen-bond acceptors (Lipinski definition) is 5. The van der Waals surface area contributed by atoms with E-state index in [1.165, 1.54) is 12.5 Å². The fourth-order valence-corrected chi connectivity index (χ4v) is 0.892. The molecule has 2 heterocycles. The lowest BCUT2D eigenvalue weighted by atomic mass is 10.5. The SMILES string of the molecule is O=C(O)c1nc(/N=C/c2ccco2)n[nH]1. The van der Waals surface area contributed by atoms with E-state index in [-0.39, 0.29) is 11.8 Å². The number of carboxylic acid groups (broad SMARTS) is 1. The molecule has 0 aliphatic heterocycles. The van der Waals surface area contributed by atoms with Gasteiger partial charge in [0.05, 0.1) is 12.5 Å². The molecule has 0 saturated carbocycles. The van der Waals surface area contributed by atoms with Gasteiger partial charge in [-0.25, -0.2) is 9.79 Å². The third kappa shape index (κ3) is 2.08. The largest absolute Gasteiger partial charge is 0.475 e. The molecular formula is C8H6N4O3. The molecule has 2 aromatic heterocycles. The van der Waals surface area contributed by atoms with Gasteiger partial charge in [0.25, 0.3) is 5.95 Å². The predicted molar refractivity (Wildman–Crippen MR) is 49.3 cm³/mol. The van der Waals surface area contributed by atoms with Crippen LogP contribution in [-0.4, -0.2) is 32.5 Å². The topological polar surface area (TPSA) is 104 Å². The van der Waals surface area contributed by atoms with Gasteiger partial charge in [-0.05, 0) is 12.1 Å². The second-order valence-corrected chi connectivity index (χ2v) is 2.56. The Hall–Kier alpha value is -2.44. The number of carboxylic acids is 1. The van der Waals surface area contributed by atoms with E-state index in [1.807, 2.05) is 0 Å². The standard InChI is InChI=1S/C8H6N4O3/c13-7(14)6-10-8(12-11-6)9-4-5-2-1-3-15-5/h1-4H,(H,13,14)(H,10,11,12)/b9-4+. The van der Waals surface area contributed by atoms with E-state index in [0.29, 0.717) is 5.76 Å². The van der Waals surface area contributed by atoms with Crippen LogP contribution in [0.5, 0.6) is 0 Å². The maximum Gasteiger partial charge on any atom is 0.373 e. The van der Waals surface area contributed by atoms with Crippen molar-refractivity contribution in [1.29, 1.82) is 0 Å². The van der Waals surface area contributed by atoms with Crippen LogP contribution in [0.15, 0.2) is 27.8 Å². The zero-order chi connectivity index (χ0) is 10.7. The van der Waals surface area contributed by atoms with Crippen LogP contribution in [0.3, 0.4) is 0 Å². The van der Waals surface area contributed by atoms with Crippen LogP contribution in [0, 0.1) is 0 Å². The first-order valence-electron chi connectivity index (χ1n) is 3.99. The first-order chi connectivity index (χ1) is 7.25. The van der Waals surface area contributed by atoms with Gasteiger partial charge in [0.2, 0.25) is 5.82 Å². The molecule has 0 spiro atoms. The number of aromatic carboxylic acids is 1. The summed E-state index contributed by atoms with van der Waals surface area (Å²) in [4.78, 5) is 17.9. The van der Waals surface area contributed by atoms with Gasteiger partial charge in [-0.15, -0.1) is 5.10 Å². The quantitative estimate of drug-likeness (QED) is 0.724. The van der Waals surface area contributed by atoms with Crippen molar-refractivity contribution >= 4 is 18.1 Å². The van der Waals surface area contributed by atoms with E-state index >= 15 is 0 Å². The van der Waals surface area contributed by atoms with Gasteiger partial charge in [0.1, 0.15) is 5.76 Å². The van der Waals surface area contributed by atoms with Crippen LogP contribution in [0.2, 0.25) is 0 Å². The molecule has 15 heavy (non-hydrogen) atoms. The van der Waals surface area contributed by atoms with Crippen molar-refractivity contribution in [3.05, 3.63) is 30.0 Å². The minimum absolute atomic E-state index is 0.0452. The number of nitrogens with zero attached hydrogens (tertiary/aromatic N) is 3. The molecule has 7 nitrogen and oxygen atoms in total. The number of aliphatic imine (C=N–C) groups is 1. The molecule has 0 bridgehead atoms. The highest BCUT2D eigenvalue weighted by atomic mass is 16.4. The molecule has 0 unspecified atom stereocenters. The number of furan rings is 1. The van der Waals surface area contributed by atoms with E-state index < -0.39 is 5.97 Å².